The van der Waals surface area contributed by atoms with E-state index in [0.29, 0.717) is 11.3 Å². The van der Waals surface area contributed by atoms with Crippen LogP contribution in [0.3, 0.4) is 0 Å². The summed E-state index contributed by atoms with van der Waals surface area (Å²) in [4.78, 5) is 24.2. The monoisotopic (exact) mass is 369 g/mol. The van der Waals surface area contributed by atoms with E-state index in [2.05, 4.69) is 38.4 Å². The molecule has 0 radical (unpaired) electrons. The Morgan fingerprint density at radius 3 is 2.71 bits per heavy atom. The van der Waals surface area contributed by atoms with Gasteiger partial charge in [0.05, 0.1) is 22.1 Å². The predicted molar refractivity (Wildman–Crippen MR) is 111 cm³/mol. The van der Waals surface area contributed by atoms with E-state index in [1.807, 2.05) is 12.1 Å². The van der Waals surface area contributed by atoms with Gasteiger partial charge in [-0.15, -0.1) is 0 Å². The van der Waals surface area contributed by atoms with Gasteiger partial charge >= 0.3 is 0 Å². The van der Waals surface area contributed by atoms with E-state index < -0.39 is 0 Å². The third kappa shape index (κ3) is 2.17. The normalized spacial score (nSPS) is 15.3. The molecule has 0 unspecified atom stereocenters. The quantitative estimate of drug-likeness (QED) is 0.397. The Balaban J connectivity index is 1.74. The number of aromatic amines is 3. The smallest absolute Gasteiger partial charge is 0.256 e. The Bertz CT molecular complexity index is 1390. The highest BCUT2D eigenvalue weighted by Gasteiger charge is 2.22. The molecule has 1 fully saturated rings. The van der Waals surface area contributed by atoms with Crippen LogP contribution >= 0.6 is 0 Å². The summed E-state index contributed by atoms with van der Waals surface area (Å²) in [7, 11) is 0. The lowest BCUT2D eigenvalue weighted by molar-refractivity contribution is 0.681. The molecule has 3 aromatic heterocycles. The first-order valence-electron chi connectivity index (χ1n) is 9.76. The summed E-state index contributed by atoms with van der Waals surface area (Å²) in [5.41, 5.74) is 3.76. The summed E-state index contributed by atoms with van der Waals surface area (Å²) in [5.74, 6) is 1.54. The molecule has 6 rings (SSSR count). The van der Waals surface area contributed by atoms with Gasteiger partial charge in [0.2, 0.25) is 0 Å². The highest BCUT2D eigenvalue weighted by atomic mass is 16.1. The maximum atomic E-state index is 12.8. The van der Waals surface area contributed by atoms with Gasteiger partial charge < -0.3 is 9.97 Å². The number of H-pyrrole nitrogens is 3. The molecule has 1 aliphatic rings. The topological polar surface area (TPSA) is 90.2 Å². The van der Waals surface area contributed by atoms with Gasteiger partial charge in [0.1, 0.15) is 5.82 Å². The zero-order valence-electron chi connectivity index (χ0n) is 15.2. The molecule has 3 heterocycles. The van der Waals surface area contributed by atoms with E-state index >= 15 is 0 Å². The Hall–Kier alpha value is -3.41. The van der Waals surface area contributed by atoms with Gasteiger partial charge in [-0.3, -0.25) is 9.89 Å². The Morgan fingerprint density at radius 2 is 1.89 bits per heavy atom. The minimum absolute atomic E-state index is 0.0865. The number of imidazole rings is 1. The third-order valence-electron chi connectivity index (χ3n) is 6.05. The van der Waals surface area contributed by atoms with Crippen LogP contribution in [0.25, 0.3) is 43.8 Å². The van der Waals surface area contributed by atoms with E-state index in [1.54, 1.807) is 12.4 Å². The number of hydrogen-bond acceptors (Lipinski definition) is 3. The van der Waals surface area contributed by atoms with Crippen LogP contribution in [0.5, 0.6) is 0 Å². The second-order valence-corrected chi connectivity index (χ2v) is 7.65. The van der Waals surface area contributed by atoms with E-state index in [1.165, 1.54) is 25.7 Å². The summed E-state index contributed by atoms with van der Waals surface area (Å²) >= 11 is 0. The van der Waals surface area contributed by atoms with Crippen molar-refractivity contribution in [1.82, 2.24) is 25.1 Å². The number of fused-ring (bicyclic) bond motifs is 6. The second kappa shape index (κ2) is 5.79. The third-order valence-corrected chi connectivity index (χ3v) is 6.05. The fraction of sp³-hybridized carbons (Fsp3) is 0.227. The molecule has 0 bridgehead atoms. The number of rotatable bonds is 2. The number of benzene rings is 2. The Labute approximate surface area is 160 Å². The summed E-state index contributed by atoms with van der Waals surface area (Å²) in [6, 6.07) is 10.1. The van der Waals surface area contributed by atoms with Gasteiger partial charge in [-0.25, -0.2) is 4.98 Å². The number of nitrogens with one attached hydrogen (secondary N) is 3. The van der Waals surface area contributed by atoms with E-state index in [0.717, 1.165) is 44.3 Å². The minimum atomic E-state index is -0.0865. The Morgan fingerprint density at radius 1 is 1.00 bits per heavy atom. The molecule has 3 N–H and O–H groups in total. The van der Waals surface area contributed by atoms with Crippen molar-refractivity contribution in [3.05, 3.63) is 58.9 Å². The van der Waals surface area contributed by atoms with Crippen molar-refractivity contribution >= 4 is 32.6 Å². The van der Waals surface area contributed by atoms with Crippen molar-refractivity contribution in [2.75, 3.05) is 0 Å². The molecule has 6 nitrogen and oxygen atoms in total. The van der Waals surface area contributed by atoms with Crippen LogP contribution in [0.4, 0.5) is 0 Å². The molecule has 0 spiro atoms. The average molecular weight is 369 g/mol. The van der Waals surface area contributed by atoms with Gasteiger partial charge in [-0.1, -0.05) is 25.0 Å². The molecule has 0 aliphatic heterocycles. The lowest BCUT2D eigenvalue weighted by atomic mass is 9.98. The first kappa shape index (κ1) is 15.6. The molecule has 28 heavy (non-hydrogen) atoms. The zero-order valence-corrected chi connectivity index (χ0v) is 15.2. The van der Waals surface area contributed by atoms with Crippen LogP contribution < -0.4 is 5.56 Å². The summed E-state index contributed by atoms with van der Waals surface area (Å²) in [6.45, 7) is 0. The van der Waals surface area contributed by atoms with E-state index in [-0.39, 0.29) is 5.56 Å². The molecule has 5 aromatic rings. The standard InChI is InChI=1S/C22H19N5O/c28-22-18-15(7-9-23-22)20-19(25-21(26-20)12-3-1-2-4-12)14-6-5-13(11-16(14)18)17-8-10-24-27-17/h5-12H,1-4H2,(H,23,28)(H,24,27)(H,25,26). The number of hydrogen-bond donors (Lipinski definition) is 3. The first-order valence-corrected chi connectivity index (χ1v) is 9.76. The molecule has 1 aliphatic carbocycles. The first-order chi connectivity index (χ1) is 13.8. The van der Waals surface area contributed by atoms with Gasteiger partial charge in [0, 0.05) is 34.6 Å². The summed E-state index contributed by atoms with van der Waals surface area (Å²) < 4.78 is 0. The van der Waals surface area contributed by atoms with Crippen LogP contribution in [0.15, 0.2) is 47.5 Å². The number of nitrogens with zero attached hydrogens (tertiary/aromatic N) is 2. The van der Waals surface area contributed by atoms with Gasteiger partial charge in [0.25, 0.3) is 5.56 Å². The largest absolute Gasteiger partial charge is 0.341 e. The van der Waals surface area contributed by atoms with Crippen LogP contribution in [0, 0.1) is 0 Å². The van der Waals surface area contributed by atoms with Gasteiger partial charge in [0.15, 0.2) is 0 Å². The molecule has 0 saturated heterocycles. The van der Waals surface area contributed by atoms with Crippen LogP contribution in [-0.4, -0.2) is 25.1 Å². The highest BCUT2D eigenvalue weighted by molar-refractivity contribution is 6.23. The molecule has 2 aromatic carbocycles. The molecule has 6 heteroatoms. The van der Waals surface area contributed by atoms with Gasteiger partial charge in [-0.05, 0) is 36.4 Å². The van der Waals surface area contributed by atoms with Crippen LogP contribution in [0.1, 0.15) is 37.4 Å². The zero-order chi connectivity index (χ0) is 18.7. The number of pyridine rings is 1. The fourth-order valence-corrected chi connectivity index (χ4v) is 4.67. The maximum Gasteiger partial charge on any atom is 0.256 e. The minimum Gasteiger partial charge on any atom is -0.341 e. The lowest BCUT2D eigenvalue weighted by Gasteiger charge is -2.07. The molecule has 138 valence electrons. The fourth-order valence-electron chi connectivity index (χ4n) is 4.67. The van der Waals surface area contributed by atoms with E-state index in [9.17, 15) is 4.79 Å². The molecule has 0 amide bonds. The van der Waals surface area contributed by atoms with Crippen molar-refractivity contribution in [2.24, 2.45) is 0 Å². The average Bonchev–Trinajstić information content (AvgIpc) is 3.49. The van der Waals surface area contributed by atoms with Gasteiger partial charge in [-0.2, -0.15) is 5.10 Å². The van der Waals surface area contributed by atoms with Crippen molar-refractivity contribution in [1.29, 1.82) is 0 Å². The van der Waals surface area contributed by atoms with Crippen molar-refractivity contribution in [3.8, 4) is 11.3 Å². The SMILES string of the molecule is O=c1[nH]ccc2c3nc(C4CCCC4)[nH]c3c3ccc(-c4ccn[nH]4)cc3c12. The lowest BCUT2D eigenvalue weighted by Crippen LogP contribution is -2.05. The molecule has 1 saturated carbocycles. The molecular weight excluding hydrogens is 350 g/mol. The summed E-state index contributed by atoms with van der Waals surface area (Å²) in [5, 5.41) is 10.6. The number of aromatic nitrogens is 5. The Kier molecular flexibility index (Phi) is 3.23. The van der Waals surface area contributed by atoms with Crippen molar-refractivity contribution in [2.45, 2.75) is 31.6 Å². The van der Waals surface area contributed by atoms with Crippen LogP contribution in [0.2, 0.25) is 0 Å². The predicted octanol–water partition coefficient (Wildman–Crippen LogP) is 4.61. The molecular formula is C22H19N5O. The summed E-state index contributed by atoms with van der Waals surface area (Å²) in [6.07, 6.45) is 8.32. The van der Waals surface area contributed by atoms with E-state index in [4.69, 9.17) is 4.98 Å². The van der Waals surface area contributed by atoms with Crippen molar-refractivity contribution < 1.29 is 0 Å². The highest BCUT2D eigenvalue weighted by Crippen LogP contribution is 2.38. The van der Waals surface area contributed by atoms with Crippen molar-refractivity contribution in [3.63, 3.8) is 0 Å². The maximum absolute atomic E-state index is 12.8. The second-order valence-electron chi connectivity index (χ2n) is 7.65. The molecule has 0 atom stereocenters. The van der Waals surface area contributed by atoms with Crippen LogP contribution in [-0.2, 0) is 0 Å².